The second kappa shape index (κ2) is 4.47. The van der Waals surface area contributed by atoms with Crippen LogP contribution in [0.15, 0.2) is 15.9 Å². The van der Waals surface area contributed by atoms with Crippen molar-refractivity contribution >= 4 is 33.2 Å². The average molecular weight is 303 g/mol. The summed E-state index contributed by atoms with van der Waals surface area (Å²) in [4.78, 5) is 14.9. The largest absolute Gasteiger partial charge is 0.335 e. The number of nitrogens with zero attached hydrogens (tertiary/aromatic N) is 1. The molecule has 0 unspecified atom stereocenters. The van der Waals surface area contributed by atoms with Crippen LogP contribution in [0.25, 0.3) is 0 Å². The predicted molar refractivity (Wildman–Crippen MR) is 70.0 cm³/mol. The standard InChI is InChI=1S/C11H15BrN2OS/c1-11(2)7-14(6-5-13-11)10(15)8-3-4-9(12)16-8/h3-4,13H,5-7H2,1-2H3. The molecule has 0 aromatic carbocycles. The summed E-state index contributed by atoms with van der Waals surface area (Å²) in [6, 6.07) is 3.80. The first kappa shape index (κ1) is 12.1. The molecule has 0 atom stereocenters. The van der Waals surface area contributed by atoms with E-state index in [1.165, 1.54) is 11.3 Å². The molecule has 1 N–H and O–H groups in total. The number of amides is 1. The van der Waals surface area contributed by atoms with Crippen molar-refractivity contribution in [3.8, 4) is 0 Å². The molecule has 0 aliphatic carbocycles. The van der Waals surface area contributed by atoms with E-state index < -0.39 is 0 Å². The molecule has 0 saturated carbocycles. The van der Waals surface area contributed by atoms with Crippen molar-refractivity contribution < 1.29 is 4.79 Å². The summed E-state index contributed by atoms with van der Waals surface area (Å²) in [6.07, 6.45) is 0. The average Bonchev–Trinajstić information content (AvgIpc) is 2.62. The topological polar surface area (TPSA) is 32.3 Å². The van der Waals surface area contributed by atoms with Gasteiger partial charge in [0.15, 0.2) is 0 Å². The van der Waals surface area contributed by atoms with Gasteiger partial charge in [-0.25, -0.2) is 0 Å². The number of carbonyl (C=O) groups excluding carboxylic acids is 1. The molecule has 0 spiro atoms. The van der Waals surface area contributed by atoms with Gasteiger partial charge in [0.25, 0.3) is 5.91 Å². The summed E-state index contributed by atoms with van der Waals surface area (Å²) >= 11 is 4.88. The maximum absolute atomic E-state index is 12.2. The van der Waals surface area contributed by atoms with Gasteiger partial charge in [0.1, 0.15) is 0 Å². The van der Waals surface area contributed by atoms with Crippen LogP contribution in [0.1, 0.15) is 23.5 Å². The lowest BCUT2D eigenvalue weighted by molar-refractivity contribution is 0.0657. The highest BCUT2D eigenvalue weighted by atomic mass is 79.9. The van der Waals surface area contributed by atoms with Gasteiger partial charge < -0.3 is 10.2 Å². The van der Waals surface area contributed by atoms with Crippen LogP contribution in [0, 0.1) is 0 Å². The molecule has 2 heterocycles. The molecule has 1 saturated heterocycles. The summed E-state index contributed by atoms with van der Waals surface area (Å²) in [5.74, 6) is 0.144. The number of thiophene rings is 1. The van der Waals surface area contributed by atoms with Crippen molar-refractivity contribution in [1.29, 1.82) is 0 Å². The van der Waals surface area contributed by atoms with Crippen molar-refractivity contribution in [2.75, 3.05) is 19.6 Å². The third kappa shape index (κ3) is 2.64. The summed E-state index contributed by atoms with van der Waals surface area (Å²) < 4.78 is 1.00. The molecule has 5 heteroatoms. The maximum Gasteiger partial charge on any atom is 0.264 e. The predicted octanol–water partition coefficient (Wildman–Crippen LogP) is 2.33. The molecule has 88 valence electrons. The number of carbonyl (C=O) groups is 1. The molecule has 16 heavy (non-hydrogen) atoms. The molecule has 1 aliphatic heterocycles. The third-order valence-corrected chi connectivity index (χ3v) is 4.25. The highest BCUT2D eigenvalue weighted by molar-refractivity contribution is 9.11. The van der Waals surface area contributed by atoms with E-state index in [4.69, 9.17) is 0 Å². The summed E-state index contributed by atoms with van der Waals surface area (Å²) in [6.45, 7) is 6.66. The van der Waals surface area contributed by atoms with Crippen molar-refractivity contribution in [3.63, 3.8) is 0 Å². The Balaban J connectivity index is 2.10. The normalized spacial score (nSPS) is 19.8. The van der Waals surface area contributed by atoms with E-state index in [0.717, 1.165) is 28.3 Å². The first-order valence-corrected chi connectivity index (χ1v) is 6.88. The zero-order valence-electron chi connectivity index (χ0n) is 9.42. The van der Waals surface area contributed by atoms with Gasteiger partial charge in [-0.05, 0) is 41.9 Å². The van der Waals surface area contributed by atoms with E-state index in [1.807, 2.05) is 17.0 Å². The van der Waals surface area contributed by atoms with Gasteiger partial charge in [-0.2, -0.15) is 0 Å². The fraction of sp³-hybridized carbons (Fsp3) is 0.545. The van der Waals surface area contributed by atoms with Crippen LogP contribution in [-0.2, 0) is 0 Å². The fourth-order valence-electron chi connectivity index (χ4n) is 1.90. The zero-order chi connectivity index (χ0) is 11.8. The van der Waals surface area contributed by atoms with Gasteiger partial charge in [-0.3, -0.25) is 4.79 Å². The Labute approximate surface area is 108 Å². The van der Waals surface area contributed by atoms with E-state index in [9.17, 15) is 4.79 Å². The highest BCUT2D eigenvalue weighted by Gasteiger charge is 2.29. The summed E-state index contributed by atoms with van der Waals surface area (Å²) in [5, 5.41) is 3.40. The lowest BCUT2D eigenvalue weighted by Gasteiger charge is -2.38. The van der Waals surface area contributed by atoms with Crippen molar-refractivity contribution in [2.45, 2.75) is 19.4 Å². The molecule has 1 fully saturated rings. The molecular weight excluding hydrogens is 288 g/mol. The summed E-state index contributed by atoms with van der Waals surface area (Å²) in [5.41, 5.74) is 0.0163. The molecule has 0 radical (unpaired) electrons. The monoisotopic (exact) mass is 302 g/mol. The van der Waals surface area contributed by atoms with E-state index in [-0.39, 0.29) is 11.4 Å². The van der Waals surface area contributed by atoms with Crippen molar-refractivity contribution in [1.82, 2.24) is 10.2 Å². The number of piperazine rings is 1. The number of nitrogens with one attached hydrogen (secondary N) is 1. The number of hydrogen-bond donors (Lipinski definition) is 1. The minimum atomic E-state index is 0.0163. The van der Waals surface area contributed by atoms with E-state index in [2.05, 4.69) is 35.1 Å². The van der Waals surface area contributed by atoms with Gasteiger partial charge in [0.05, 0.1) is 8.66 Å². The van der Waals surface area contributed by atoms with Gasteiger partial charge >= 0.3 is 0 Å². The minimum Gasteiger partial charge on any atom is -0.335 e. The zero-order valence-corrected chi connectivity index (χ0v) is 11.8. The quantitative estimate of drug-likeness (QED) is 0.863. The summed E-state index contributed by atoms with van der Waals surface area (Å²) in [7, 11) is 0. The van der Waals surface area contributed by atoms with Crippen LogP contribution in [0.3, 0.4) is 0 Å². The molecule has 1 amide bonds. The molecule has 1 aromatic rings. The SMILES string of the molecule is CC1(C)CN(C(=O)c2ccc(Br)s2)CCN1. The van der Waals surface area contributed by atoms with Gasteiger partial charge in [0, 0.05) is 25.2 Å². The van der Waals surface area contributed by atoms with Crippen molar-refractivity contribution in [3.05, 3.63) is 20.8 Å². The maximum atomic E-state index is 12.2. The molecular formula is C11H15BrN2OS. The smallest absolute Gasteiger partial charge is 0.264 e. The highest BCUT2D eigenvalue weighted by Crippen LogP contribution is 2.24. The van der Waals surface area contributed by atoms with Crippen LogP contribution < -0.4 is 5.32 Å². The Hall–Kier alpha value is -0.390. The second-order valence-corrected chi connectivity index (χ2v) is 7.10. The van der Waals surface area contributed by atoms with Gasteiger partial charge in [-0.15, -0.1) is 11.3 Å². The molecule has 1 aromatic heterocycles. The van der Waals surface area contributed by atoms with Gasteiger partial charge in [-0.1, -0.05) is 0 Å². The van der Waals surface area contributed by atoms with Gasteiger partial charge in [0.2, 0.25) is 0 Å². The van der Waals surface area contributed by atoms with Crippen LogP contribution in [0.5, 0.6) is 0 Å². The number of rotatable bonds is 1. The van der Waals surface area contributed by atoms with Crippen LogP contribution >= 0.6 is 27.3 Å². The second-order valence-electron chi connectivity index (χ2n) is 4.64. The Morgan fingerprint density at radius 2 is 2.31 bits per heavy atom. The fourth-order valence-corrected chi connectivity index (χ4v) is 3.25. The third-order valence-electron chi connectivity index (χ3n) is 2.64. The number of hydrogen-bond acceptors (Lipinski definition) is 3. The Morgan fingerprint density at radius 3 is 2.88 bits per heavy atom. The van der Waals surface area contributed by atoms with E-state index in [0.29, 0.717) is 0 Å². The molecule has 1 aliphatic rings. The lowest BCUT2D eigenvalue weighted by Crippen LogP contribution is -2.58. The van der Waals surface area contributed by atoms with Crippen LogP contribution in [0.4, 0.5) is 0 Å². The van der Waals surface area contributed by atoms with Crippen LogP contribution in [0.2, 0.25) is 0 Å². The first-order valence-electron chi connectivity index (χ1n) is 5.28. The van der Waals surface area contributed by atoms with Crippen molar-refractivity contribution in [2.24, 2.45) is 0 Å². The molecule has 0 bridgehead atoms. The Morgan fingerprint density at radius 1 is 1.56 bits per heavy atom. The lowest BCUT2D eigenvalue weighted by atomic mass is 10.0. The van der Waals surface area contributed by atoms with E-state index >= 15 is 0 Å². The van der Waals surface area contributed by atoms with E-state index in [1.54, 1.807) is 0 Å². The van der Waals surface area contributed by atoms with Crippen LogP contribution in [-0.4, -0.2) is 36.0 Å². The number of halogens is 1. The molecule has 2 rings (SSSR count). The first-order chi connectivity index (χ1) is 7.48. The Kier molecular flexibility index (Phi) is 3.37. The minimum absolute atomic E-state index is 0.0163. The Bertz CT molecular complexity index is 402. The molecule has 3 nitrogen and oxygen atoms in total.